The number of hydrogen-bond donors (Lipinski definition) is 1. The molecule has 0 spiro atoms. The lowest BCUT2D eigenvalue weighted by Gasteiger charge is -2.11. The van der Waals surface area contributed by atoms with Crippen LogP contribution < -0.4 is 10.1 Å². The summed E-state index contributed by atoms with van der Waals surface area (Å²) in [4.78, 5) is 17.0. The molecule has 1 N–H and O–H groups in total. The van der Waals surface area contributed by atoms with E-state index >= 15 is 0 Å². The van der Waals surface area contributed by atoms with Crippen LogP contribution in [-0.2, 0) is 4.79 Å². The SMILES string of the molecule is Cc1ccc(-c2cn3ccccc3n2)cc1NC(=O)COc1ccc(Cl)cc1Cl. The standard InChI is InChI=1S/C22H17Cl2N3O2/c1-14-5-6-15(19-12-27-9-3-2-4-21(27)25-19)10-18(14)26-22(28)13-29-20-8-7-16(23)11-17(20)24/h2-12H,13H2,1H3,(H,26,28). The zero-order valence-electron chi connectivity index (χ0n) is 15.5. The van der Waals surface area contributed by atoms with Crippen molar-refractivity contribution in [1.82, 2.24) is 9.38 Å². The second kappa shape index (κ2) is 8.15. The van der Waals surface area contributed by atoms with Crippen molar-refractivity contribution in [1.29, 1.82) is 0 Å². The maximum absolute atomic E-state index is 12.4. The monoisotopic (exact) mass is 425 g/mol. The largest absolute Gasteiger partial charge is 0.482 e. The Bertz CT molecular complexity index is 1170. The number of carbonyl (C=O) groups excluding carboxylic acids is 1. The lowest BCUT2D eigenvalue weighted by Crippen LogP contribution is -2.20. The fourth-order valence-electron chi connectivity index (χ4n) is 2.91. The topological polar surface area (TPSA) is 55.6 Å². The maximum Gasteiger partial charge on any atom is 0.262 e. The molecular weight excluding hydrogens is 409 g/mol. The minimum atomic E-state index is -0.286. The molecule has 2 heterocycles. The van der Waals surface area contributed by atoms with Gasteiger partial charge in [-0.3, -0.25) is 4.79 Å². The number of aryl methyl sites for hydroxylation is 1. The summed E-state index contributed by atoms with van der Waals surface area (Å²) in [5, 5.41) is 3.75. The normalized spacial score (nSPS) is 10.9. The van der Waals surface area contributed by atoms with E-state index in [1.165, 1.54) is 0 Å². The van der Waals surface area contributed by atoms with Gasteiger partial charge >= 0.3 is 0 Å². The lowest BCUT2D eigenvalue weighted by molar-refractivity contribution is -0.118. The first-order chi connectivity index (χ1) is 14.0. The van der Waals surface area contributed by atoms with Gasteiger partial charge in [0.15, 0.2) is 6.61 Å². The minimum Gasteiger partial charge on any atom is -0.482 e. The van der Waals surface area contributed by atoms with Crippen LogP contribution in [-0.4, -0.2) is 21.9 Å². The number of carbonyl (C=O) groups is 1. The number of nitrogens with zero attached hydrogens (tertiary/aromatic N) is 2. The van der Waals surface area contributed by atoms with E-state index < -0.39 is 0 Å². The third-order valence-corrected chi connectivity index (χ3v) is 4.95. The average molecular weight is 426 g/mol. The number of ether oxygens (including phenoxy) is 1. The van der Waals surface area contributed by atoms with Crippen LogP contribution in [0, 0.1) is 6.92 Å². The second-order valence-electron chi connectivity index (χ2n) is 6.53. The molecular formula is C22H17Cl2N3O2. The first kappa shape index (κ1) is 19.3. The van der Waals surface area contributed by atoms with Crippen molar-refractivity contribution in [2.45, 2.75) is 6.92 Å². The number of nitrogens with one attached hydrogen (secondary N) is 1. The number of rotatable bonds is 5. The molecule has 0 radical (unpaired) electrons. The van der Waals surface area contributed by atoms with Crippen molar-refractivity contribution in [3.05, 3.63) is 82.6 Å². The molecule has 0 aliphatic carbocycles. The molecule has 1 amide bonds. The summed E-state index contributed by atoms with van der Waals surface area (Å²) >= 11 is 11.9. The number of imidazole rings is 1. The van der Waals surface area contributed by atoms with E-state index in [9.17, 15) is 4.79 Å². The molecule has 0 aliphatic rings. The van der Waals surface area contributed by atoms with E-state index in [2.05, 4.69) is 10.3 Å². The van der Waals surface area contributed by atoms with Crippen LogP contribution in [0.5, 0.6) is 5.75 Å². The van der Waals surface area contributed by atoms with Gasteiger partial charge in [0.25, 0.3) is 5.91 Å². The quantitative estimate of drug-likeness (QED) is 0.450. The fraction of sp³-hybridized carbons (Fsp3) is 0.0909. The number of pyridine rings is 1. The van der Waals surface area contributed by atoms with Crippen LogP contribution in [0.1, 0.15) is 5.56 Å². The molecule has 29 heavy (non-hydrogen) atoms. The van der Waals surface area contributed by atoms with Crippen LogP contribution in [0.15, 0.2) is 67.0 Å². The van der Waals surface area contributed by atoms with Gasteiger partial charge in [0.2, 0.25) is 0 Å². The lowest BCUT2D eigenvalue weighted by atomic mass is 10.1. The van der Waals surface area contributed by atoms with Crippen LogP contribution in [0.2, 0.25) is 10.0 Å². The van der Waals surface area contributed by atoms with E-state index in [0.29, 0.717) is 21.5 Å². The average Bonchev–Trinajstić information content (AvgIpc) is 3.13. The van der Waals surface area contributed by atoms with E-state index in [1.54, 1.807) is 18.2 Å². The molecule has 4 aromatic rings. The van der Waals surface area contributed by atoms with Gasteiger partial charge in [-0.1, -0.05) is 41.4 Å². The number of anilines is 1. The van der Waals surface area contributed by atoms with Crippen molar-refractivity contribution in [3.8, 4) is 17.0 Å². The Kier molecular flexibility index (Phi) is 5.43. The van der Waals surface area contributed by atoms with Gasteiger partial charge in [-0.05, 0) is 48.9 Å². The van der Waals surface area contributed by atoms with Crippen LogP contribution in [0.25, 0.3) is 16.9 Å². The zero-order chi connectivity index (χ0) is 20.4. The van der Waals surface area contributed by atoms with E-state index in [0.717, 1.165) is 22.5 Å². The Hall–Kier alpha value is -3.02. The second-order valence-corrected chi connectivity index (χ2v) is 7.38. The summed E-state index contributed by atoms with van der Waals surface area (Å²) in [7, 11) is 0. The first-order valence-electron chi connectivity index (χ1n) is 8.92. The molecule has 7 heteroatoms. The molecule has 146 valence electrons. The van der Waals surface area contributed by atoms with Gasteiger partial charge in [-0.2, -0.15) is 0 Å². The highest BCUT2D eigenvalue weighted by molar-refractivity contribution is 6.35. The van der Waals surface area contributed by atoms with Gasteiger partial charge in [-0.15, -0.1) is 0 Å². The molecule has 0 saturated carbocycles. The van der Waals surface area contributed by atoms with Gasteiger partial charge in [0.1, 0.15) is 11.4 Å². The summed E-state index contributed by atoms with van der Waals surface area (Å²) in [6, 6.07) is 16.5. The molecule has 4 rings (SSSR count). The van der Waals surface area contributed by atoms with Crippen LogP contribution in [0.3, 0.4) is 0 Å². The Morgan fingerprint density at radius 1 is 1.14 bits per heavy atom. The summed E-state index contributed by atoms with van der Waals surface area (Å²) in [6.45, 7) is 1.76. The molecule has 0 atom stereocenters. The van der Waals surface area contributed by atoms with Crippen LogP contribution >= 0.6 is 23.2 Å². The van der Waals surface area contributed by atoms with Crippen LogP contribution in [0.4, 0.5) is 5.69 Å². The van der Waals surface area contributed by atoms with E-state index in [4.69, 9.17) is 27.9 Å². The molecule has 0 bridgehead atoms. The molecule has 0 aliphatic heterocycles. The summed E-state index contributed by atoms with van der Waals surface area (Å²) in [6.07, 6.45) is 3.90. The molecule has 0 unspecified atom stereocenters. The maximum atomic E-state index is 12.4. The number of benzene rings is 2. The number of hydrogen-bond acceptors (Lipinski definition) is 3. The third kappa shape index (κ3) is 4.36. The highest BCUT2D eigenvalue weighted by Crippen LogP contribution is 2.28. The third-order valence-electron chi connectivity index (χ3n) is 4.42. The zero-order valence-corrected chi connectivity index (χ0v) is 17.0. The number of fused-ring (bicyclic) bond motifs is 1. The predicted molar refractivity (Wildman–Crippen MR) is 116 cm³/mol. The predicted octanol–water partition coefficient (Wildman–Crippen LogP) is 5.63. The van der Waals surface area contributed by atoms with E-state index in [-0.39, 0.29) is 12.5 Å². The number of aromatic nitrogens is 2. The summed E-state index contributed by atoms with van der Waals surface area (Å²) in [5.41, 5.74) is 4.25. The molecule has 2 aromatic heterocycles. The number of halogens is 2. The first-order valence-corrected chi connectivity index (χ1v) is 9.68. The Morgan fingerprint density at radius 3 is 2.79 bits per heavy atom. The summed E-state index contributed by atoms with van der Waals surface area (Å²) < 4.78 is 7.46. The van der Waals surface area contributed by atoms with Gasteiger partial charge in [0, 0.05) is 28.7 Å². The Labute approximate surface area is 177 Å². The molecule has 5 nitrogen and oxygen atoms in total. The molecule has 0 fully saturated rings. The Morgan fingerprint density at radius 2 is 2.00 bits per heavy atom. The highest BCUT2D eigenvalue weighted by Gasteiger charge is 2.11. The van der Waals surface area contributed by atoms with E-state index in [1.807, 2.05) is 60.1 Å². The smallest absolute Gasteiger partial charge is 0.262 e. The van der Waals surface area contributed by atoms with Gasteiger partial charge in [-0.25, -0.2) is 4.98 Å². The van der Waals surface area contributed by atoms with Crippen molar-refractivity contribution < 1.29 is 9.53 Å². The molecule has 2 aromatic carbocycles. The highest BCUT2D eigenvalue weighted by atomic mass is 35.5. The Balaban J connectivity index is 1.49. The molecule has 0 saturated heterocycles. The van der Waals surface area contributed by atoms with Crippen molar-refractivity contribution in [2.24, 2.45) is 0 Å². The summed E-state index contributed by atoms with van der Waals surface area (Å²) in [5.74, 6) is 0.118. The minimum absolute atomic E-state index is 0.167. The van der Waals surface area contributed by atoms with Crippen molar-refractivity contribution in [2.75, 3.05) is 11.9 Å². The van der Waals surface area contributed by atoms with Gasteiger partial charge in [0.05, 0.1) is 10.7 Å². The number of amides is 1. The van der Waals surface area contributed by atoms with Crippen molar-refractivity contribution >= 4 is 40.4 Å². The van der Waals surface area contributed by atoms with Gasteiger partial charge < -0.3 is 14.5 Å². The fourth-order valence-corrected chi connectivity index (χ4v) is 3.37. The van der Waals surface area contributed by atoms with Crippen molar-refractivity contribution in [3.63, 3.8) is 0 Å².